The number of ether oxygens (including phenoxy) is 3. The number of nitrogens with one attached hydrogen (secondary N) is 2. The summed E-state index contributed by atoms with van der Waals surface area (Å²) in [5.74, 6) is 1.73. The molecule has 0 aliphatic heterocycles. The second-order valence-corrected chi connectivity index (χ2v) is 5.83. The van der Waals surface area contributed by atoms with Crippen molar-refractivity contribution in [1.82, 2.24) is 10.6 Å². The fourth-order valence-corrected chi connectivity index (χ4v) is 2.40. The van der Waals surface area contributed by atoms with Gasteiger partial charge in [0.15, 0.2) is 17.5 Å². The van der Waals surface area contributed by atoms with E-state index in [1.807, 2.05) is 32.0 Å². The average Bonchev–Trinajstić information content (AvgIpc) is 2.66. The second-order valence-electron chi connectivity index (χ2n) is 5.83. The number of halogens is 1. The normalized spacial score (nSPS) is 11.8. The number of aliphatic imine (C=N–C) groups is 1. The molecule has 0 bridgehead atoms. The Hall–Kier alpha value is -1.71. The van der Waals surface area contributed by atoms with E-state index in [1.54, 1.807) is 14.2 Å². The maximum atomic E-state index is 11.4. The van der Waals surface area contributed by atoms with E-state index < -0.39 is 0 Å². The standard InChI is InChI=1S/C19H31N3O4.HI/c1-6-26-17-12-15(9-10-16(17)24-4)8-7-11-21-19(20-3)22-13-14(2)18(23)25-5;/h9-10,12,14H,6-8,11,13H2,1-5H3,(H2,20,21,22);1H. The Labute approximate surface area is 179 Å². The zero-order chi connectivity index (χ0) is 19.4. The number of carbonyl (C=O) groups excluding carboxylic acids is 1. The lowest BCUT2D eigenvalue weighted by Gasteiger charge is -2.15. The molecule has 154 valence electrons. The SMILES string of the molecule is CCOc1cc(CCCNC(=NC)NCC(C)C(=O)OC)ccc1OC.I. The van der Waals surface area contributed by atoms with Crippen molar-refractivity contribution in [2.75, 3.05) is 41.0 Å². The van der Waals surface area contributed by atoms with Gasteiger partial charge in [-0.3, -0.25) is 9.79 Å². The van der Waals surface area contributed by atoms with E-state index >= 15 is 0 Å². The van der Waals surface area contributed by atoms with Gasteiger partial charge in [0.25, 0.3) is 0 Å². The van der Waals surface area contributed by atoms with Crippen molar-refractivity contribution in [2.45, 2.75) is 26.7 Å². The number of rotatable bonds is 10. The summed E-state index contributed by atoms with van der Waals surface area (Å²) < 4.78 is 15.6. The maximum Gasteiger partial charge on any atom is 0.310 e. The highest BCUT2D eigenvalue weighted by Gasteiger charge is 2.13. The summed E-state index contributed by atoms with van der Waals surface area (Å²) in [6, 6.07) is 6.00. The molecule has 0 radical (unpaired) electrons. The van der Waals surface area contributed by atoms with Crippen molar-refractivity contribution < 1.29 is 19.0 Å². The van der Waals surface area contributed by atoms with E-state index in [2.05, 4.69) is 15.6 Å². The summed E-state index contributed by atoms with van der Waals surface area (Å²) in [7, 11) is 4.74. The number of hydrogen-bond acceptors (Lipinski definition) is 5. The molecule has 8 heteroatoms. The van der Waals surface area contributed by atoms with Gasteiger partial charge in [-0.05, 0) is 37.5 Å². The highest BCUT2D eigenvalue weighted by molar-refractivity contribution is 14.0. The van der Waals surface area contributed by atoms with Gasteiger partial charge in [-0.1, -0.05) is 13.0 Å². The van der Waals surface area contributed by atoms with Gasteiger partial charge in [-0.25, -0.2) is 0 Å². The van der Waals surface area contributed by atoms with Crippen LogP contribution in [0.2, 0.25) is 0 Å². The van der Waals surface area contributed by atoms with Crippen LogP contribution in [0.4, 0.5) is 0 Å². The van der Waals surface area contributed by atoms with E-state index in [9.17, 15) is 4.79 Å². The Balaban J connectivity index is 0.00000676. The monoisotopic (exact) mass is 493 g/mol. The zero-order valence-electron chi connectivity index (χ0n) is 16.8. The number of aryl methyl sites for hydroxylation is 1. The van der Waals surface area contributed by atoms with E-state index in [1.165, 1.54) is 12.7 Å². The van der Waals surface area contributed by atoms with E-state index in [0.717, 1.165) is 30.9 Å². The summed E-state index contributed by atoms with van der Waals surface area (Å²) >= 11 is 0. The molecule has 27 heavy (non-hydrogen) atoms. The van der Waals surface area contributed by atoms with Crippen molar-refractivity contribution in [2.24, 2.45) is 10.9 Å². The van der Waals surface area contributed by atoms with Crippen molar-refractivity contribution in [3.8, 4) is 11.5 Å². The topological polar surface area (TPSA) is 81.2 Å². The molecule has 1 atom stereocenters. The quantitative estimate of drug-likeness (QED) is 0.172. The molecule has 0 aliphatic rings. The number of methoxy groups -OCH3 is 2. The highest BCUT2D eigenvalue weighted by atomic mass is 127. The van der Waals surface area contributed by atoms with Crippen LogP contribution < -0.4 is 20.1 Å². The molecule has 0 fully saturated rings. The average molecular weight is 493 g/mol. The van der Waals surface area contributed by atoms with Gasteiger partial charge >= 0.3 is 5.97 Å². The molecule has 0 spiro atoms. The molecule has 0 heterocycles. The molecular weight excluding hydrogens is 461 g/mol. The molecule has 0 aromatic heterocycles. The maximum absolute atomic E-state index is 11.4. The lowest BCUT2D eigenvalue weighted by molar-refractivity contribution is -0.144. The lowest BCUT2D eigenvalue weighted by Crippen LogP contribution is -2.41. The van der Waals surface area contributed by atoms with Crippen molar-refractivity contribution >= 4 is 35.9 Å². The first-order valence-electron chi connectivity index (χ1n) is 8.87. The van der Waals surface area contributed by atoms with E-state index in [4.69, 9.17) is 14.2 Å². The van der Waals surface area contributed by atoms with E-state index in [0.29, 0.717) is 19.1 Å². The number of nitrogens with zero attached hydrogens (tertiary/aromatic N) is 1. The minimum Gasteiger partial charge on any atom is -0.493 e. The van der Waals surface area contributed by atoms with Crippen LogP contribution in [0.3, 0.4) is 0 Å². The third-order valence-corrected chi connectivity index (χ3v) is 3.87. The molecule has 2 N–H and O–H groups in total. The summed E-state index contributed by atoms with van der Waals surface area (Å²) in [6.45, 7) is 5.61. The predicted octanol–water partition coefficient (Wildman–Crippen LogP) is 2.62. The number of carbonyl (C=O) groups is 1. The molecule has 0 saturated carbocycles. The second kappa shape index (κ2) is 14.4. The fourth-order valence-electron chi connectivity index (χ4n) is 2.40. The van der Waals surface area contributed by atoms with Gasteiger partial charge < -0.3 is 24.8 Å². The number of guanidine groups is 1. The van der Waals surface area contributed by atoms with Gasteiger partial charge in [-0.15, -0.1) is 24.0 Å². The third-order valence-electron chi connectivity index (χ3n) is 3.87. The first-order valence-corrected chi connectivity index (χ1v) is 8.87. The van der Waals surface area contributed by atoms with Crippen molar-refractivity contribution in [3.05, 3.63) is 23.8 Å². The smallest absolute Gasteiger partial charge is 0.310 e. The van der Waals surface area contributed by atoms with Crippen LogP contribution in [-0.2, 0) is 16.0 Å². The Morgan fingerprint density at radius 1 is 1.22 bits per heavy atom. The number of hydrogen-bond donors (Lipinski definition) is 2. The van der Waals surface area contributed by atoms with Crippen LogP contribution in [0.15, 0.2) is 23.2 Å². The van der Waals surface area contributed by atoms with Crippen molar-refractivity contribution in [1.29, 1.82) is 0 Å². The molecule has 7 nitrogen and oxygen atoms in total. The van der Waals surface area contributed by atoms with Crippen LogP contribution >= 0.6 is 24.0 Å². The van der Waals surface area contributed by atoms with Gasteiger partial charge in [0.05, 0.1) is 26.7 Å². The van der Waals surface area contributed by atoms with Crippen LogP contribution in [0.25, 0.3) is 0 Å². The Morgan fingerprint density at radius 3 is 2.56 bits per heavy atom. The zero-order valence-corrected chi connectivity index (χ0v) is 19.2. The van der Waals surface area contributed by atoms with Gasteiger partial charge in [0.2, 0.25) is 0 Å². The molecule has 1 aromatic carbocycles. The Kier molecular flexibility index (Phi) is 13.5. The number of esters is 1. The summed E-state index contributed by atoms with van der Waals surface area (Å²) in [6.07, 6.45) is 1.85. The first kappa shape index (κ1) is 25.3. The summed E-state index contributed by atoms with van der Waals surface area (Å²) in [5, 5.41) is 6.37. The molecule has 1 unspecified atom stereocenters. The molecule has 0 aliphatic carbocycles. The van der Waals surface area contributed by atoms with Crippen LogP contribution in [0, 0.1) is 5.92 Å². The third kappa shape index (κ3) is 9.16. The van der Waals surface area contributed by atoms with Gasteiger partial charge in [-0.2, -0.15) is 0 Å². The Bertz CT molecular complexity index is 596. The molecule has 1 rings (SSSR count). The molecule has 0 amide bonds. The summed E-state index contributed by atoms with van der Waals surface area (Å²) in [4.78, 5) is 15.6. The summed E-state index contributed by atoms with van der Waals surface area (Å²) in [5.41, 5.74) is 1.19. The van der Waals surface area contributed by atoms with Crippen molar-refractivity contribution in [3.63, 3.8) is 0 Å². The minimum atomic E-state index is -0.238. The minimum absolute atomic E-state index is 0. The fraction of sp³-hybridized carbons (Fsp3) is 0.579. The van der Waals surface area contributed by atoms with Gasteiger partial charge in [0, 0.05) is 20.1 Å². The van der Waals surface area contributed by atoms with Crippen LogP contribution in [0.1, 0.15) is 25.8 Å². The first-order chi connectivity index (χ1) is 12.5. The Morgan fingerprint density at radius 2 is 1.96 bits per heavy atom. The molecule has 1 aromatic rings. The lowest BCUT2D eigenvalue weighted by atomic mass is 10.1. The molecule has 0 saturated heterocycles. The highest BCUT2D eigenvalue weighted by Crippen LogP contribution is 2.28. The van der Waals surface area contributed by atoms with E-state index in [-0.39, 0.29) is 35.9 Å². The van der Waals surface area contributed by atoms with Crippen LogP contribution in [-0.4, -0.2) is 52.9 Å². The predicted molar refractivity (Wildman–Crippen MR) is 118 cm³/mol. The molecular formula is C19H32IN3O4. The van der Waals surface area contributed by atoms with Gasteiger partial charge in [0.1, 0.15) is 0 Å². The number of benzene rings is 1. The largest absolute Gasteiger partial charge is 0.493 e. The van der Waals surface area contributed by atoms with Crippen LogP contribution in [0.5, 0.6) is 11.5 Å².